The van der Waals surface area contributed by atoms with Crippen molar-refractivity contribution in [2.75, 3.05) is 0 Å². The van der Waals surface area contributed by atoms with Crippen LogP contribution in [-0.4, -0.2) is 30.0 Å². The smallest absolute Gasteiger partial charge is 0.444 e. The van der Waals surface area contributed by atoms with Gasteiger partial charge in [0.15, 0.2) is 0 Å². The van der Waals surface area contributed by atoms with Crippen molar-refractivity contribution in [2.45, 2.75) is 99.5 Å². The summed E-state index contributed by atoms with van der Waals surface area (Å²) in [5, 5.41) is 2.76. The Balaban J connectivity index is 0.00000125. The third-order valence-electron chi connectivity index (χ3n) is 4.65. The zero-order chi connectivity index (χ0) is 23.6. The average Bonchev–Trinajstić information content (AvgIpc) is 2.88. The molecule has 1 N–H and O–H groups in total. The molecule has 1 heterocycles. The molecule has 0 bridgehead atoms. The van der Waals surface area contributed by atoms with E-state index in [-0.39, 0.29) is 11.2 Å². The Hall–Kier alpha value is -1.79. The Morgan fingerprint density at radius 2 is 1.57 bits per heavy atom. The quantitative estimate of drug-likeness (QED) is 0.510. The maximum Gasteiger partial charge on any atom is 0.494 e. The molecule has 0 aliphatic carbocycles. The van der Waals surface area contributed by atoms with Crippen LogP contribution in [0.5, 0.6) is 0 Å². The van der Waals surface area contributed by atoms with E-state index in [1.807, 2.05) is 113 Å². The monoisotopic (exact) mass is 419 g/mol. The molecule has 1 aromatic rings. The fraction of sp³-hybridized carbons (Fsp3) is 0.625. The molecule has 30 heavy (non-hydrogen) atoms. The van der Waals surface area contributed by atoms with Crippen LogP contribution in [0.25, 0.3) is 0 Å². The minimum absolute atomic E-state index is 0.373. The van der Waals surface area contributed by atoms with Crippen molar-refractivity contribution in [3.05, 3.63) is 42.0 Å². The van der Waals surface area contributed by atoms with E-state index < -0.39 is 18.8 Å². The summed E-state index contributed by atoms with van der Waals surface area (Å²) in [6.45, 7) is 22.0. The van der Waals surface area contributed by atoms with Crippen molar-refractivity contribution in [3.8, 4) is 0 Å². The van der Waals surface area contributed by atoms with E-state index in [1.165, 1.54) is 0 Å². The molecule has 2 rings (SSSR count). The lowest BCUT2D eigenvalue weighted by atomic mass is 9.78. The van der Waals surface area contributed by atoms with Gasteiger partial charge in [0.2, 0.25) is 0 Å². The molecule has 0 saturated carbocycles. The van der Waals surface area contributed by atoms with Crippen LogP contribution in [0.3, 0.4) is 0 Å². The Labute approximate surface area is 184 Å². The van der Waals surface area contributed by atoms with Crippen LogP contribution >= 0.6 is 0 Å². The molecule has 6 heteroatoms. The van der Waals surface area contributed by atoms with Crippen LogP contribution in [0.2, 0.25) is 0 Å². The van der Waals surface area contributed by atoms with E-state index in [2.05, 4.69) is 5.32 Å². The first-order valence-corrected chi connectivity index (χ1v) is 10.8. The molecule has 1 aliphatic heterocycles. The summed E-state index contributed by atoms with van der Waals surface area (Å²) in [6.07, 6.45) is 3.57. The van der Waals surface area contributed by atoms with E-state index in [0.717, 1.165) is 11.0 Å². The van der Waals surface area contributed by atoms with Crippen molar-refractivity contribution in [2.24, 2.45) is 0 Å². The standard InChI is InChI=1S/C18H28BNO4.C4H8.C2H6/c1-16(2,3)22-15(21)20-12-13-9-8-10-14(11-13)19-23-17(4,5)18(6,7)24-19;1-3-4-2;1-2/h8-11H,12H2,1-7H3,(H,20,21);3-4H,1-2H3;1-2H3/b;4-3-;. The lowest BCUT2D eigenvalue weighted by Crippen LogP contribution is -2.41. The zero-order valence-corrected chi connectivity index (χ0v) is 20.9. The zero-order valence-electron chi connectivity index (χ0n) is 20.9. The van der Waals surface area contributed by atoms with E-state index in [0.29, 0.717) is 6.54 Å². The molecule has 0 aromatic heterocycles. The van der Waals surface area contributed by atoms with Crippen molar-refractivity contribution < 1.29 is 18.8 Å². The van der Waals surface area contributed by atoms with Gasteiger partial charge in [-0.1, -0.05) is 50.3 Å². The van der Waals surface area contributed by atoms with Crippen molar-refractivity contribution in [1.82, 2.24) is 5.32 Å². The van der Waals surface area contributed by atoms with Crippen LogP contribution in [-0.2, 0) is 20.6 Å². The Morgan fingerprint density at radius 3 is 2.00 bits per heavy atom. The Morgan fingerprint density at radius 1 is 1.07 bits per heavy atom. The minimum Gasteiger partial charge on any atom is -0.444 e. The molecule has 0 unspecified atom stereocenters. The summed E-state index contributed by atoms with van der Waals surface area (Å²) >= 11 is 0. The minimum atomic E-state index is -0.505. The van der Waals surface area contributed by atoms with Crippen LogP contribution < -0.4 is 10.8 Å². The highest BCUT2D eigenvalue weighted by Gasteiger charge is 2.51. The third-order valence-corrected chi connectivity index (χ3v) is 4.65. The highest BCUT2D eigenvalue weighted by Crippen LogP contribution is 2.36. The summed E-state index contributed by atoms with van der Waals surface area (Å²) in [5.74, 6) is 0. The maximum atomic E-state index is 11.8. The van der Waals surface area contributed by atoms with E-state index in [9.17, 15) is 4.79 Å². The second-order valence-corrected chi connectivity index (χ2v) is 8.86. The molecule has 1 aromatic carbocycles. The van der Waals surface area contributed by atoms with Gasteiger partial charge in [0.1, 0.15) is 5.60 Å². The molecule has 1 amide bonds. The fourth-order valence-corrected chi connectivity index (χ4v) is 2.32. The molecule has 1 fully saturated rings. The van der Waals surface area contributed by atoms with Crippen LogP contribution in [0.1, 0.15) is 81.7 Å². The second kappa shape index (κ2) is 12.2. The van der Waals surface area contributed by atoms with Crippen LogP contribution in [0.4, 0.5) is 4.79 Å². The fourth-order valence-electron chi connectivity index (χ4n) is 2.32. The maximum absolute atomic E-state index is 11.8. The number of rotatable bonds is 3. The van der Waals surface area contributed by atoms with Gasteiger partial charge in [-0.15, -0.1) is 0 Å². The first kappa shape index (κ1) is 28.2. The average molecular weight is 419 g/mol. The number of amides is 1. The lowest BCUT2D eigenvalue weighted by molar-refractivity contribution is 0.00578. The van der Waals surface area contributed by atoms with Gasteiger partial charge < -0.3 is 19.4 Å². The van der Waals surface area contributed by atoms with Gasteiger partial charge in [-0.05, 0) is 73.3 Å². The summed E-state index contributed by atoms with van der Waals surface area (Å²) in [7, 11) is -0.406. The van der Waals surface area contributed by atoms with E-state index >= 15 is 0 Å². The van der Waals surface area contributed by atoms with Gasteiger partial charge in [-0.25, -0.2) is 4.79 Å². The predicted molar refractivity (Wildman–Crippen MR) is 127 cm³/mol. The van der Waals surface area contributed by atoms with Gasteiger partial charge in [-0.2, -0.15) is 0 Å². The van der Waals surface area contributed by atoms with E-state index in [4.69, 9.17) is 14.0 Å². The number of nitrogens with one attached hydrogen (secondary N) is 1. The number of hydrogen-bond acceptors (Lipinski definition) is 4. The molecular formula is C24H42BNO4. The number of carbonyl (C=O) groups is 1. The molecule has 5 nitrogen and oxygen atoms in total. The van der Waals surface area contributed by atoms with Gasteiger partial charge >= 0.3 is 13.2 Å². The topological polar surface area (TPSA) is 56.8 Å². The van der Waals surface area contributed by atoms with Gasteiger partial charge in [0, 0.05) is 6.54 Å². The highest BCUT2D eigenvalue weighted by molar-refractivity contribution is 6.62. The van der Waals surface area contributed by atoms with E-state index in [1.54, 1.807) is 0 Å². The highest BCUT2D eigenvalue weighted by atomic mass is 16.7. The molecular weight excluding hydrogens is 377 g/mol. The molecule has 170 valence electrons. The first-order chi connectivity index (χ1) is 13.8. The van der Waals surface area contributed by atoms with Crippen LogP contribution in [0.15, 0.2) is 36.4 Å². The number of alkyl carbamates (subject to hydrolysis) is 1. The lowest BCUT2D eigenvalue weighted by Gasteiger charge is -2.32. The number of hydrogen-bond donors (Lipinski definition) is 1. The summed E-state index contributed by atoms with van der Waals surface area (Å²) in [6, 6.07) is 7.84. The first-order valence-electron chi connectivity index (χ1n) is 10.8. The molecule has 0 spiro atoms. The third kappa shape index (κ3) is 9.35. The Kier molecular flexibility index (Phi) is 11.4. The molecule has 1 aliphatic rings. The van der Waals surface area contributed by atoms with Crippen LogP contribution in [0, 0.1) is 0 Å². The molecule has 0 atom stereocenters. The second-order valence-electron chi connectivity index (χ2n) is 8.86. The number of benzene rings is 1. The predicted octanol–water partition coefficient (Wildman–Crippen LogP) is 5.62. The van der Waals surface area contributed by atoms with Gasteiger partial charge in [0.25, 0.3) is 0 Å². The summed E-state index contributed by atoms with van der Waals surface area (Å²) in [5.41, 5.74) is 0.657. The van der Waals surface area contributed by atoms with Crippen molar-refractivity contribution in [1.29, 1.82) is 0 Å². The van der Waals surface area contributed by atoms with Crippen molar-refractivity contribution >= 4 is 18.7 Å². The normalized spacial score (nSPS) is 16.8. The Bertz CT molecular complexity index is 658. The summed E-state index contributed by atoms with van der Waals surface area (Å²) in [4.78, 5) is 11.8. The summed E-state index contributed by atoms with van der Waals surface area (Å²) < 4.78 is 17.4. The van der Waals surface area contributed by atoms with Crippen molar-refractivity contribution in [3.63, 3.8) is 0 Å². The molecule has 1 saturated heterocycles. The SMILES string of the molecule is C/C=C\C.CC.CC(C)(C)OC(=O)NCc1cccc(B2OC(C)(C)C(C)(C)O2)c1. The molecule has 0 radical (unpaired) electrons. The largest absolute Gasteiger partial charge is 0.494 e. The van der Waals surface area contributed by atoms with Gasteiger partial charge in [0.05, 0.1) is 11.2 Å². The van der Waals surface area contributed by atoms with Gasteiger partial charge in [-0.3, -0.25) is 0 Å². The number of allylic oxidation sites excluding steroid dienone is 2. The number of carbonyl (C=O) groups excluding carboxylic acids is 1. The number of ether oxygens (including phenoxy) is 1.